The highest BCUT2D eigenvalue weighted by Gasteiger charge is 2.30. The molecule has 0 spiro atoms. The molecule has 19 heavy (non-hydrogen) atoms. The smallest absolute Gasteiger partial charge is 0.0991 e. The number of nitrogens with zero attached hydrogens (tertiary/aromatic N) is 1. The predicted octanol–water partition coefficient (Wildman–Crippen LogP) is 2.63. The summed E-state index contributed by atoms with van der Waals surface area (Å²) in [6.45, 7) is 0. The van der Waals surface area contributed by atoms with Crippen LogP contribution in [0.5, 0.6) is 0 Å². The van der Waals surface area contributed by atoms with Crippen molar-refractivity contribution in [3.63, 3.8) is 0 Å². The molecule has 0 aliphatic heterocycles. The van der Waals surface area contributed by atoms with Crippen molar-refractivity contribution in [2.45, 2.75) is 18.6 Å². The van der Waals surface area contributed by atoms with E-state index in [2.05, 4.69) is 17.5 Å². The quantitative estimate of drug-likeness (QED) is 0.861. The lowest BCUT2D eigenvalue weighted by Crippen LogP contribution is -2.21. The highest BCUT2D eigenvalue weighted by atomic mass is 16.3. The summed E-state index contributed by atoms with van der Waals surface area (Å²) in [5, 5.41) is 22.3. The highest BCUT2D eigenvalue weighted by Crippen LogP contribution is 2.33. The first-order valence-electron chi connectivity index (χ1n) is 6.30. The number of anilines is 1. The molecule has 0 radical (unpaired) electrons. The lowest BCUT2D eigenvalue weighted by atomic mass is 10.1. The van der Waals surface area contributed by atoms with E-state index in [0.29, 0.717) is 12.0 Å². The average molecular weight is 250 g/mol. The molecule has 3 rings (SSSR count). The van der Waals surface area contributed by atoms with Crippen LogP contribution in [0.25, 0.3) is 0 Å². The molecule has 0 fully saturated rings. The number of hydrogen-bond donors (Lipinski definition) is 2. The summed E-state index contributed by atoms with van der Waals surface area (Å²) in [6, 6.07) is 17.4. The number of hydrogen-bond acceptors (Lipinski definition) is 3. The van der Waals surface area contributed by atoms with Gasteiger partial charge in [0.2, 0.25) is 0 Å². The summed E-state index contributed by atoms with van der Waals surface area (Å²) in [5.74, 6) is 0. The van der Waals surface area contributed by atoms with Gasteiger partial charge in [0.15, 0.2) is 0 Å². The minimum atomic E-state index is -0.409. The van der Waals surface area contributed by atoms with Gasteiger partial charge in [-0.3, -0.25) is 0 Å². The largest absolute Gasteiger partial charge is 0.390 e. The molecule has 3 heteroatoms. The van der Waals surface area contributed by atoms with E-state index in [4.69, 9.17) is 5.26 Å². The number of fused-ring (bicyclic) bond motifs is 1. The first-order chi connectivity index (χ1) is 9.28. The number of aliphatic hydroxyl groups is 1. The second-order valence-corrected chi connectivity index (χ2v) is 4.78. The maximum Gasteiger partial charge on any atom is 0.0991 e. The van der Waals surface area contributed by atoms with Crippen LogP contribution in [0, 0.1) is 11.3 Å². The van der Waals surface area contributed by atoms with Gasteiger partial charge in [0.05, 0.1) is 23.8 Å². The molecular formula is C16H14N2O. The molecule has 0 amide bonds. The van der Waals surface area contributed by atoms with Gasteiger partial charge < -0.3 is 10.4 Å². The summed E-state index contributed by atoms with van der Waals surface area (Å²) in [6.07, 6.45) is 0.275. The molecule has 0 bridgehead atoms. The van der Waals surface area contributed by atoms with Gasteiger partial charge in [-0.25, -0.2) is 0 Å². The first-order valence-corrected chi connectivity index (χ1v) is 6.30. The summed E-state index contributed by atoms with van der Waals surface area (Å²) >= 11 is 0. The van der Waals surface area contributed by atoms with Crippen LogP contribution in [0.2, 0.25) is 0 Å². The monoisotopic (exact) mass is 250 g/mol. The van der Waals surface area contributed by atoms with Crippen LogP contribution < -0.4 is 5.32 Å². The third-order valence-corrected chi connectivity index (χ3v) is 3.54. The van der Waals surface area contributed by atoms with E-state index >= 15 is 0 Å². The van der Waals surface area contributed by atoms with E-state index in [9.17, 15) is 5.11 Å². The molecule has 3 nitrogen and oxygen atoms in total. The zero-order valence-electron chi connectivity index (χ0n) is 10.4. The number of nitriles is 1. The fourth-order valence-electron chi connectivity index (χ4n) is 2.57. The first kappa shape index (κ1) is 11.8. The Morgan fingerprint density at radius 3 is 2.58 bits per heavy atom. The molecule has 2 N–H and O–H groups in total. The van der Waals surface area contributed by atoms with E-state index < -0.39 is 6.10 Å². The van der Waals surface area contributed by atoms with Crippen LogP contribution in [0.3, 0.4) is 0 Å². The van der Waals surface area contributed by atoms with Gasteiger partial charge in [-0.2, -0.15) is 5.26 Å². The molecule has 94 valence electrons. The van der Waals surface area contributed by atoms with Crippen LogP contribution in [0.15, 0.2) is 48.5 Å². The lowest BCUT2D eigenvalue weighted by Gasteiger charge is -2.19. The molecule has 1 aliphatic carbocycles. The Balaban J connectivity index is 1.85. The zero-order chi connectivity index (χ0) is 13.2. The zero-order valence-corrected chi connectivity index (χ0v) is 10.4. The van der Waals surface area contributed by atoms with Gasteiger partial charge in [0, 0.05) is 12.1 Å². The average Bonchev–Trinajstić information content (AvgIpc) is 2.76. The van der Waals surface area contributed by atoms with Gasteiger partial charge in [-0.1, -0.05) is 24.3 Å². The summed E-state index contributed by atoms with van der Waals surface area (Å²) in [4.78, 5) is 0. The second-order valence-electron chi connectivity index (χ2n) is 4.78. The van der Waals surface area contributed by atoms with E-state index in [1.54, 1.807) is 12.1 Å². The Morgan fingerprint density at radius 1 is 1.11 bits per heavy atom. The molecule has 0 aromatic heterocycles. The molecule has 0 saturated carbocycles. The summed E-state index contributed by atoms with van der Waals surface area (Å²) in [7, 11) is 0. The third kappa shape index (κ3) is 2.18. The van der Waals surface area contributed by atoms with E-state index in [1.807, 2.05) is 30.3 Å². The predicted molar refractivity (Wildman–Crippen MR) is 73.7 cm³/mol. The van der Waals surface area contributed by atoms with Crippen molar-refractivity contribution in [1.82, 2.24) is 0 Å². The van der Waals surface area contributed by atoms with Crippen LogP contribution in [0.4, 0.5) is 5.69 Å². The van der Waals surface area contributed by atoms with Crippen LogP contribution in [-0.2, 0) is 6.42 Å². The maximum absolute atomic E-state index is 10.2. The van der Waals surface area contributed by atoms with E-state index in [0.717, 1.165) is 11.3 Å². The minimum Gasteiger partial charge on any atom is -0.390 e. The molecule has 0 heterocycles. The van der Waals surface area contributed by atoms with Gasteiger partial charge in [0.1, 0.15) is 0 Å². The Bertz CT molecular complexity index is 628. The van der Waals surface area contributed by atoms with Crippen LogP contribution >= 0.6 is 0 Å². The standard InChI is InChI=1S/C16H14N2O/c17-10-11-5-7-13(8-6-11)18-16-14-4-2-1-3-12(14)9-15(16)19/h1-8,15-16,18-19H,9H2. The second kappa shape index (κ2) is 4.75. The number of aliphatic hydroxyl groups excluding tert-OH is 1. The van der Waals surface area contributed by atoms with Crippen molar-refractivity contribution < 1.29 is 5.11 Å². The Labute approximate surface area is 112 Å². The maximum atomic E-state index is 10.2. The SMILES string of the molecule is N#Cc1ccc(NC2c3ccccc3CC2O)cc1. The van der Waals surface area contributed by atoms with Crippen molar-refractivity contribution in [2.75, 3.05) is 5.32 Å². The van der Waals surface area contributed by atoms with Crippen LogP contribution in [0.1, 0.15) is 22.7 Å². The van der Waals surface area contributed by atoms with Crippen LogP contribution in [-0.4, -0.2) is 11.2 Å². The number of rotatable bonds is 2. The van der Waals surface area contributed by atoms with Gasteiger partial charge in [-0.15, -0.1) is 0 Å². The van der Waals surface area contributed by atoms with Crippen molar-refractivity contribution >= 4 is 5.69 Å². The molecule has 0 saturated heterocycles. The van der Waals surface area contributed by atoms with Gasteiger partial charge >= 0.3 is 0 Å². The highest BCUT2D eigenvalue weighted by molar-refractivity contribution is 5.51. The third-order valence-electron chi connectivity index (χ3n) is 3.54. The van der Waals surface area contributed by atoms with Crippen molar-refractivity contribution in [2.24, 2.45) is 0 Å². The topological polar surface area (TPSA) is 56.0 Å². The normalized spacial score (nSPS) is 20.6. The Kier molecular flexibility index (Phi) is 2.94. The van der Waals surface area contributed by atoms with Crippen molar-refractivity contribution in [3.05, 3.63) is 65.2 Å². The molecule has 2 unspecified atom stereocenters. The fourth-order valence-corrected chi connectivity index (χ4v) is 2.57. The van der Waals surface area contributed by atoms with Crippen molar-refractivity contribution in [3.8, 4) is 6.07 Å². The van der Waals surface area contributed by atoms with Gasteiger partial charge in [-0.05, 0) is 35.4 Å². The Hall–Kier alpha value is -2.31. The molecule has 2 aromatic carbocycles. The summed E-state index contributed by atoms with van der Waals surface area (Å²) in [5.41, 5.74) is 3.90. The fraction of sp³-hybridized carbons (Fsp3) is 0.188. The van der Waals surface area contributed by atoms with Gasteiger partial charge in [0.25, 0.3) is 0 Å². The molecule has 1 aliphatic rings. The molecular weight excluding hydrogens is 236 g/mol. The molecule has 2 atom stereocenters. The molecule has 2 aromatic rings. The minimum absolute atomic E-state index is 0.0795. The van der Waals surface area contributed by atoms with Crippen molar-refractivity contribution in [1.29, 1.82) is 5.26 Å². The number of benzene rings is 2. The Morgan fingerprint density at radius 2 is 1.84 bits per heavy atom. The lowest BCUT2D eigenvalue weighted by molar-refractivity contribution is 0.166. The number of nitrogens with one attached hydrogen (secondary N) is 1. The van der Waals surface area contributed by atoms with E-state index in [1.165, 1.54) is 5.56 Å². The van der Waals surface area contributed by atoms with E-state index in [-0.39, 0.29) is 6.04 Å². The summed E-state index contributed by atoms with van der Waals surface area (Å²) < 4.78 is 0.